The number of rotatable bonds is 3. The highest BCUT2D eigenvalue weighted by Crippen LogP contribution is 2.47. The molecule has 1 heterocycles. The van der Waals surface area contributed by atoms with Gasteiger partial charge in [0.25, 0.3) is 0 Å². The number of aromatic nitrogens is 1. The maximum Gasteiger partial charge on any atom is 0.0981 e. The van der Waals surface area contributed by atoms with Crippen molar-refractivity contribution >= 4 is 11.3 Å². The summed E-state index contributed by atoms with van der Waals surface area (Å²) in [5, 5.41) is 7.13. The standard InChI is InChI=1S/C15H26N2S/c1-14(2,3)13-17-12(9-18-13)11-7-10(11)8-16-15(4,5)6/h9-11,16H,7-8H2,1-6H3. The Kier molecular flexibility index (Phi) is 3.58. The lowest BCUT2D eigenvalue weighted by Gasteiger charge is -2.20. The van der Waals surface area contributed by atoms with E-state index >= 15 is 0 Å². The van der Waals surface area contributed by atoms with E-state index in [0.717, 1.165) is 12.5 Å². The van der Waals surface area contributed by atoms with Gasteiger partial charge in [0, 0.05) is 22.3 Å². The number of hydrogen-bond donors (Lipinski definition) is 1. The minimum absolute atomic E-state index is 0.191. The van der Waals surface area contributed by atoms with Crippen LogP contribution in [0.3, 0.4) is 0 Å². The van der Waals surface area contributed by atoms with Crippen LogP contribution in [0.15, 0.2) is 5.38 Å². The van der Waals surface area contributed by atoms with Gasteiger partial charge in [0.1, 0.15) is 0 Å². The fraction of sp³-hybridized carbons (Fsp3) is 0.800. The Morgan fingerprint density at radius 1 is 1.28 bits per heavy atom. The largest absolute Gasteiger partial charge is 0.312 e. The van der Waals surface area contributed by atoms with E-state index in [1.165, 1.54) is 17.1 Å². The molecule has 2 unspecified atom stereocenters. The van der Waals surface area contributed by atoms with Crippen LogP contribution in [0.25, 0.3) is 0 Å². The molecule has 1 aromatic heterocycles. The molecular formula is C15H26N2S. The third-order valence-corrected chi connectivity index (χ3v) is 4.65. The Labute approximate surface area is 115 Å². The van der Waals surface area contributed by atoms with Gasteiger partial charge in [0.15, 0.2) is 0 Å². The topological polar surface area (TPSA) is 24.9 Å². The first kappa shape index (κ1) is 14.0. The van der Waals surface area contributed by atoms with E-state index in [9.17, 15) is 0 Å². The second-order valence-corrected chi connectivity index (χ2v) is 8.42. The molecule has 0 bridgehead atoms. The Morgan fingerprint density at radius 3 is 2.44 bits per heavy atom. The SMILES string of the molecule is CC(C)(C)NCC1CC1c1csc(C(C)(C)C)n1. The zero-order chi connectivity index (χ0) is 13.6. The van der Waals surface area contributed by atoms with Crippen LogP contribution < -0.4 is 5.32 Å². The van der Waals surface area contributed by atoms with Gasteiger partial charge < -0.3 is 5.32 Å². The summed E-state index contributed by atoms with van der Waals surface area (Å²) in [5.74, 6) is 1.49. The van der Waals surface area contributed by atoms with Gasteiger partial charge in [-0.05, 0) is 39.7 Å². The van der Waals surface area contributed by atoms with Crippen molar-refractivity contribution in [3.05, 3.63) is 16.1 Å². The monoisotopic (exact) mass is 266 g/mol. The number of thiazole rings is 1. The molecule has 1 aliphatic rings. The second-order valence-electron chi connectivity index (χ2n) is 7.56. The lowest BCUT2D eigenvalue weighted by molar-refractivity contribution is 0.414. The van der Waals surface area contributed by atoms with Crippen molar-refractivity contribution in [1.82, 2.24) is 10.3 Å². The zero-order valence-corrected chi connectivity index (χ0v) is 13.3. The van der Waals surface area contributed by atoms with Crippen molar-refractivity contribution in [3.63, 3.8) is 0 Å². The van der Waals surface area contributed by atoms with E-state index in [4.69, 9.17) is 4.98 Å². The molecule has 0 radical (unpaired) electrons. The molecule has 0 spiro atoms. The summed E-state index contributed by atoms with van der Waals surface area (Å²) in [7, 11) is 0. The molecule has 102 valence electrons. The minimum Gasteiger partial charge on any atom is -0.312 e. The third kappa shape index (κ3) is 3.55. The van der Waals surface area contributed by atoms with Crippen LogP contribution in [0.1, 0.15) is 64.6 Å². The van der Waals surface area contributed by atoms with Crippen molar-refractivity contribution in [3.8, 4) is 0 Å². The average Bonchev–Trinajstić information content (AvgIpc) is 2.78. The average molecular weight is 266 g/mol. The van der Waals surface area contributed by atoms with Crippen molar-refractivity contribution in [1.29, 1.82) is 0 Å². The normalized spacial score (nSPS) is 24.3. The summed E-state index contributed by atoms with van der Waals surface area (Å²) in [6.45, 7) is 14.5. The maximum atomic E-state index is 4.83. The lowest BCUT2D eigenvalue weighted by Crippen LogP contribution is -2.37. The van der Waals surface area contributed by atoms with Crippen LogP contribution in [-0.2, 0) is 5.41 Å². The van der Waals surface area contributed by atoms with Gasteiger partial charge >= 0.3 is 0 Å². The summed E-state index contributed by atoms with van der Waals surface area (Å²) in [4.78, 5) is 4.83. The Balaban J connectivity index is 1.90. The molecule has 0 aliphatic heterocycles. The van der Waals surface area contributed by atoms with Gasteiger partial charge in [-0.25, -0.2) is 4.98 Å². The van der Waals surface area contributed by atoms with Gasteiger partial charge in [0.05, 0.1) is 10.7 Å². The maximum absolute atomic E-state index is 4.83. The van der Waals surface area contributed by atoms with Crippen LogP contribution >= 0.6 is 11.3 Å². The molecule has 1 aromatic rings. The summed E-state index contributed by atoms with van der Waals surface area (Å²) in [6, 6.07) is 0. The molecule has 18 heavy (non-hydrogen) atoms. The molecule has 3 heteroatoms. The smallest absolute Gasteiger partial charge is 0.0981 e. The predicted molar refractivity (Wildman–Crippen MR) is 79.4 cm³/mol. The van der Waals surface area contributed by atoms with Crippen LogP contribution in [0.4, 0.5) is 0 Å². The molecule has 2 rings (SSSR count). The van der Waals surface area contributed by atoms with Crippen LogP contribution in [0, 0.1) is 5.92 Å². The van der Waals surface area contributed by atoms with Crippen LogP contribution in [-0.4, -0.2) is 17.1 Å². The first-order valence-electron chi connectivity index (χ1n) is 6.88. The summed E-state index contributed by atoms with van der Waals surface area (Å²) >= 11 is 1.82. The van der Waals surface area contributed by atoms with Gasteiger partial charge in [0.2, 0.25) is 0 Å². The molecule has 0 amide bonds. The summed E-state index contributed by atoms with van der Waals surface area (Å²) in [6.07, 6.45) is 1.30. The fourth-order valence-electron chi connectivity index (χ4n) is 2.07. The predicted octanol–water partition coefficient (Wildman–Crippen LogP) is 3.93. The first-order valence-corrected chi connectivity index (χ1v) is 7.76. The van der Waals surface area contributed by atoms with Crippen LogP contribution in [0.2, 0.25) is 0 Å². The number of hydrogen-bond acceptors (Lipinski definition) is 3. The molecule has 1 N–H and O–H groups in total. The summed E-state index contributed by atoms with van der Waals surface area (Å²) in [5.41, 5.74) is 1.74. The lowest BCUT2D eigenvalue weighted by atomic mass is 9.98. The number of nitrogens with zero attached hydrogens (tertiary/aromatic N) is 1. The molecule has 1 aliphatic carbocycles. The first-order chi connectivity index (χ1) is 8.17. The molecule has 0 saturated heterocycles. The van der Waals surface area contributed by atoms with Gasteiger partial charge in [-0.2, -0.15) is 0 Å². The van der Waals surface area contributed by atoms with Gasteiger partial charge in [-0.1, -0.05) is 20.8 Å². The quantitative estimate of drug-likeness (QED) is 0.896. The highest BCUT2D eigenvalue weighted by molar-refractivity contribution is 7.09. The van der Waals surface area contributed by atoms with Crippen molar-refractivity contribution in [2.45, 2.75) is 64.8 Å². The molecule has 2 atom stereocenters. The fourth-order valence-corrected chi connectivity index (χ4v) is 3.05. The van der Waals surface area contributed by atoms with E-state index in [0.29, 0.717) is 5.92 Å². The Morgan fingerprint density at radius 2 is 1.94 bits per heavy atom. The molecule has 1 saturated carbocycles. The third-order valence-electron chi connectivity index (χ3n) is 3.36. The van der Waals surface area contributed by atoms with Crippen molar-refractivity contribution < 1.29 is 0 Å². The Bertz CT molecular complexity index is 409. The second kappa shape index (κ2) is 4.61. The zero-order valence-electron chi connectivity index (χ0n) is 12.5. The van der Waals surface area contributed by atoms with Gasteiger partial charge in [-0.3, -0.25) is 0 Å². The van der Waals surface area contributed by atoms with Gasteiger partial charge in [-0.15, -0.1) is 11.3 Å². The molecule has 0 aromatic carbocycles. The highest BCUT2D eigenvalue weighted by atomic mass is 32.1. The number of nitrogens with one attached hydrogen (secondary N) is 1. The minimum atomic E-state index is 0.191. The molecule has 1 fully saturated rings. The van der Waals surface area contributed by atoms with E-state index < -0.39 is 0 Å². The molecule has 2 nitrogen and oxygen atoms in total. The van der Waals surface area contributed by atoms with E-state index in [1.54, 1.807) is 0 Å². The van der Waals surface area contributed by atoms with E-state index in [2.05, 4.69) is 52.2 Å². The van der Waals surface area contributed by atoms with E-state index in [1.807, 2.05) is 11.3 Å². The Hall–Kier alpha value is -0.410. The van der Waals surface area contributed by atoms with Crippen LogP contribution in [0.5, 0.6) is 0 Å². The highest BCUT2D eigenvalue weighted by Gasteiger charge is 2.40. The summed E-state index contributed by atoms with van der Waals surface area (Å²) < 4.78 is 0. The van der Waals surface area contributed by atoms with E-state index in [-0.39, 0.29) is 11.0 Å². The molecular weight excluding hydrogens is 240 g/mol. The van der Waals surface area contributed by atoms with Crippen molar-refractivity contribution in [2.24, 2.45) is 5.92 Å². The van der Waals surface area contributed by atoms with Crippen molar-refractivity contribution in [2.75, 3.05) is 6.54 Å².